The molecule has 12 N–H and O–H groups in total. The van der Waals surface area contributed by atoms with Crippen LogP contribution in [0, 0.1) is 0 Å². The number of aromatic amines is 1. The first-order valence-corrected chi connectivity index (χ1v) is 12.6. The molecule has 39 heavy (non-hydrogen) atoms. The van der Waals surface area contributed by atoms with Crippen molar-refractivity contribution in [1.29, 1.82) is 0 Å². The predicted molar refractivity (Wildman–Crippen MR) is 142 cm³/mol. The number of hydrogen-bond donors (Lipinski definition) is 9. The van der Waals surface area contributed by atoms with E-state index in [0.717, 1.165) is 10.9 Å². The first-order valence-electron chi connectivity index (χ1n) is 12.6. The minimum Gasteiger partial charge on any atom is -0.480 e. The number of aliphatic hydroxyl groups excluding tert-OH is 1. The van der Waals surface area contributed by atoms with E-state index < -0.39 is 66.3 Å². The summed E-state index contributed by atoms with van der Waals surface area (Å²) in [6.45, 7) is 1.67. The maximum atomic E-state index is 13.4. The van der Waals surface area contributed by atoms with Gasteiger partial charge in [0.25, 0.3) is 0 Å². The number of nitrogens with one attached hydrogen (secondary N) is 4. The van der Waals surface area contributed by atoms with Crippen LogP contribution in [0.2, 0.25) is 0 Å². The SMILES string of the molecule is CC(O)C(N)C(=O)NC(Cc1c[nH]c2ccccc12)C(=O)NC(CC(N)=O)C(=O)NC(CCCCN)C(=O)O. The molecule has 0 aliphatic carbocycles. The summed E-state index contributed by atoms with van der Waals surface area (Å²) in [4.78, 5) is 65.3. The molecule has 0 aliphatic rings. The molecule has 2 aromatic rings. The third-order valence-electron chi connectivity index (χ3n) is 6.15. The highest BCUT2D eigenvalue weighted by molar-refractivity contribution is 5.96. The summed E-state index contributed by atoms with van der Waals surface area (Å²) in [7, 11) is 0. The van der Waals surface area contributed by atoms with Gasteiger partial charge < -0.3 is 48.3 Å². The second-order valence-electron chi connectivity index (χ2n) is 9.31. The zero-order valence-electron chi connectivity index (χ0n) is 21.7. The van der Waals surface area contributed by atoms with E-state index in [-0.39, 0.29) is 12.8 Å². The number of primary amides is 1. The fourth-order valence-electron chi connectivity index (χ4n) is 3.92. The number of carbonyl (C=O) groups excluding carboxylic acids is 4. The molecule has 0 spiro atoms. The number of amides is 4. The second kappa shape index (κ2) is 14.8. The van der Waals surface area contributed by atoms with Gasteiger partial charge in [0.05, 0.1) is 12.5 Å². The summed E-state index contributed by atoms with van der Waals surface area (Å²) in [5, 5.41) is 27.2. The number of aliphatic carboxylic acids is 1. The number of aromatic nitrogens is 1. The number of para-hydroxylation sites is 1. The van der Waals surface area contributed by atoms with Gasteiger partial charge in [0.2, 0.25) is 23.6 Å². The molecule has 1 aromatic heterocycles. The lowest BCUT2D eigenvalue weighted by Gasteiger charge is -2.25. The van der Waals surface area contributed by atoms with Crippen molar-refractivity contribution in [2.24, 2.45) is 17.2 Å². The van der Waals surface area contributed by atoms with Gasteiger partial charge in [-0.3, -0.25) is 19.2 Å². The van der Waals surface area contributed by atoms with Gasteiger partial charge in [0, 0.05) is 23.5 Å². The van der Waals surface area contributed by atoms with Crippen molar-refractivity contribution in [3.8, 4) is 0 Å². The molecule has 5 unspecified atom stereocenters. The van der Waals surface area contributed by atoms with E-state index in [9.17, 15) is 34.2 Å². The number of hydrogen-bond acceptors (Lipinski definition) is 8. The molecule has 14 heteroatoms. The number of benzene rings is 1. The van der Waals surface area contributed by atoms with E-state index in [1.54, 1.807) is 12.3 Å². The lowest BCUT2D eigenvalue weighted by Crippen LogP contribution is -2.59. The van der Waals surface area contributed by atoms with Crippen molar-refractivity contribution in [1.82, 2.24) is 20.9 Å². The maximum Gasteiger partial charge on any atom is 0.326 e. The first kappa shape index (κ1) is 31.2. The Balaban J connectivity index is 2.28. The minimum absolute atomic E-state index is 0.0319. The van der Waals surface area contributed by atoms with Crippen LogP contribution in [0.1, 0.15) is 38.2 Å². The van der Waals surface area contributed by atoms with E-state index in [2.05, 4.69) is 20.9 Å². The summed E-state index contributed by atoms with van der Waals surface area (Å²) in [6.07, 6.45) is 0.879. The summed E-state index contributed by atoms with van der Waals surface area (Å²) >= 11 is 0. The molecule has 0 saturated carbocycles. The van der Waals surface area contributed by atoms with E-state index in [1.807, 2.05) is 18.2 Å². The van der Waals surface area contributed by atoms with Crippen LogP contribution in [0.15, 0.2) is 30.5 Å². The molecule has 214 valence electrons. The van der Waals surface area contributed by atoms with Crippen molar-refractivity contribution in [3.63, 3.8) is 0 Å². The molecular formula is C25H37N7O7. The van der Waals surface area contributed by atoms with Crippen LogP contribution in [0.5, 0.6) is 0 Å². The number of carboxylic acid groups (broad SMARTS) is 1. The van der Waals surface area contributed by atoms with Crippen molar-refractivity contribution in [3.05, 3.63) is 36.0 Å². The maximum absolute atomic E-state index is 13.4. The molecule has 0 saturated heterocycles. The molecule has 5 atom stereocenters. The van der Waals surface area contributed by atoms with Gasteiger partial charge in [0.15, 0.2) is 0 Å². The van der Waals surface area contributed by atoms with Crippen LogP contribution in [0.4, 0.5) is 0 Å². The zero-order valence-corrected chi connectivity index (χ0v) is 21.7. The highest BCUT2D eigenvalue weighted by Gasteiger charge is 2.32. The van der Waals surface area contributed by atoms with Crippen LogP contribution >= 0.6 is 0 Å². The van der Waals surface area contributed by atoms with E-state index in [1.165, 1.54) is 6.92 Å². The molecule has 1 aromatic carbocycles. The Morgan fingerprint density at radius 1 is 0.949 bits per heavy atom. The van der Waals surface area contributed by atoms with Gasteiger partial charge in [-0.25, -0.2) is 4.79 Å². The van der Waals surface area contributed by atoms with Gasteiger partial charge in [-0.1, -0.05) is 18.2 Å². The van der Waals surface area contributed by atoms with Gasteiger partial charge >= 0.3 is 5.97 Å². The molecule has 0 radical (unpaired) electrons. The Hall–Kier alpha value is -4.01. The number of carboxylic acids is 1. The average molecular weight is 548 g/mol. The Labute approximate surface area is 225 Å². The molecule has 0 aliphatic heterocycles. The average Bonchev–Trinajstić information content (AvgIpc) is 3.29. The van der Waals surface area contributed by atoms with Crippen LogP contribution in [0.3, 0.4) is 0 Å². The molecule has 1 heterocycles. The monoisotopic (exact) mass is 547 g/mol. The smallest absolute Gasteiger partial charge is 0.326 e. The molecule has 0 bridgehead atoms. The molecule has 0 fully saturated rings. The van der Waals surface area contributed by atoms with Gasteiger partial charge in [-0.2, -0.15) is 0 Å². The topological polar surface area (TPSA) is 256 Å². The van der Waals surface area contributed by atoms with Gasteiger partial charge in [0.1, 0.15) is 24.2 Å². The van der Waals surface area contributed by atoms with Gasteiger partial charge in [-0.15, -0.1) is 0 Å². The number of fused-ring (bicyclic) bond motifs is 1. The summed E-state index contributed by atoms with van der Waals surface area (Å²) in [6, 6.07) is 1.87. The summed E-state index contributed by atoms with van der Waals surface area (Å²) in [5.74, 6) is -4.80. The highest BCUT2D eigenvalue weighted by atomic mass is 16.4. The third kappa shape index (κ3) is 9.35. The van der Waals surface area contributed by atoms with Crippen molar-refractivity contribution in [2.45, 2.75) is 69.3 Å². The number of aliphatic hydroxyl groups is 1. The van der Waals surface area contributed by atoms with Crippen LogP contribution in [0.25, 0.3) is 10.9 Å². The van der Waals surface area contributed by atoms with Crippen molar-refractivity contribution < 1.29 is 34.2 Å². The van der Waals surface area contributed by atoms with Crippen molar-refractivity contribution in [2.75, 3.05) is 6.54 Å². The molecular weight excluding hydrogens is 510 g/mol. The Kier molecular flexibility index (Phi) is 11.8. The first-order chi connectivity index (χ1) is 18.4. The van der Waals surface area contributed by atoms with Crippen LogP contribution in [-0.4, -0.2) is 81.6 Å². The second-order valence-corrected chi connectivity index (χ2v) is 9.31. The summed E-state index contributed by atoms with van der Waals surface area (Å²) in [5.41, 5.74) is 17.9. The third-order valence-corrected chi connectivity index (χ3v) is 6.15. The number of unbranched alkanes of at least 4 members (excludes halogenated alkanes) is 1. The highest BCUT2D eigenvalue weighted by Crippen LogP contribution is 2.19. The molecule has 4 amide bonds. The normalized spacial score (nSPS) is 15.0. The minimum atomic E-state index is -1.51. The molecule has 2 rings (SSSR count). The number of rotatable bonds is 16. The van der Waals surface area contributed by atoms with Crippen LogP contribution < -0.4 is 33.2 Å². The lowest BCUT2D eigenvalue weighted by atomic mass is 10.0. The Bertz CT molecular complexity index is 1170. The number of H-pyrrole nitrogens is 1. The fraction of sp³-hybridized carbons (Fsp3) is 0.480. The predicted octanol–water partition coefficient (Wildman–Crippen LogP) is -2.04. The Morgan fingerprint density at radius 2 is 1.56 bits per heavy atom. The standard InChI is InChI=1S/C25H37N7O7/c1-13(33)21(28)24(37)32-18(10-14-12-29-16-7-3-2-6-15(14)16)22(35)31-19(11-20(27)34)23(36)30-17(25(38)39)8-4-5-9-26/h2-3,6-7,12-13,17-19,21,29,33H,4-5,8-11,26,28H2,1H3,(H2,27,34)(H,30,36)(H,31,35)(H,32,37)(H,38,39). The lowest BCUT2D eigenvalue weighted by molar-refractivity contribution is -0.142. The fourth-order valence-corrected chi connectivity index (χ4v) is 3.92. The van der Waals surface area contributed by atoms with E-state index >= 15 is 0 Å². The number of carbonyl (C=O) groups is 5. The van der Waals surface area contributed by atoms with Crippen LogP contribution in [-0.2, 0) is 30.4 Å². The molecule has 14 nitrogen and oxygen atoms in total. The quantitative estimate of drug-likeness (QED) is 0.105. The van der Waals surface area contributed by atoms with Gasteiger partial charge in [-0.05, 0) is 44.4 Å². The van der Waals surface area contributed by atoms with Crippen molar-refractivity contribution >= 4 is 40.5 Å². The Morgan fingerprint density at radius 3 is 2.18 bits per heavy atom. The zero-order chi connectivity index (χ0) is 29.1. The van der Waals surface area contributed by atoms with E-state index in [4.69, 9.17) is 17.2 Å². The van der Waals surface area contributed by atoms with E-state index in [0.29, 0.717) is 24.9 Å². The summed E-state index contributed by atoms with van der Waals surface area (Å²) < 4.78 is 0. The number of nitrogens with two attached hydrogens (primary N) is 3. The largest absolute Gasteiger partial charge is 0.480 e.